The van der Waals surface area contributed by atoms with Crippen molar-refractivity contribution in [1.82, 2.24) is 0 Å². The maximum absolute atomic E-state index is 13.8. The Bertz CT molecular complexity index is 1580. The molecule has 3 aliphatic rings. The Morgan fingerprint density at radius 3 is 2.03 bits per heavy atom. The summed E-state index contributed by atoms with van der Waals surface area (Å²) in [5.41, 5.74) is 1.69. The highest BCUT2D eigenvalue weighted by Crippen LogP contribution is 2.49. The Kier molecular flexibility index (Phi) is 5.45. The fourth-order valence-electron chi connectivity index (χ4n) is 5.67. The molecule has 4 atom stereocenters. The van der Waals surface area contributed by atoms with Gasteiger partial charge < -0.3 is 10.2 Å². The third-order valence-corrected chi connectivity index (χ3v) is 7.35. The van der Waals surface area contributed by atoms with Crippen LogP contribution in [0.1, 0.15) is 5.56 Å². The van der Waals surface area contributed by atoms with Crippen molar-refractivity contribution in [2.75, 3.05) is 15.1 Å². The molecule has 3 aromatic carbocycles. The highest BCUT2D eigenvalue weighted by Gasteiger charge is 2.64. The molecule has 3 amide bonds. The molecule has 0 spiro atoms. The second kappa shape index (κ2) is 8.87. The van der Waals surface area contributed by atoms with Crippen molar-refractivity contribution in [3.8, 4) is 0 Å². The van der Waals surface area contributed by atoms with E-state index in [0.29, 0.717) is 11.4 Å². The van der Waals surface area contributed by atoms with E-state index in [4.69, 9.17) is 0 Å². The molecule has 0 aliphatic carbocycles. The number of benzene rings is 3. The summed E-state index contributed by atoms with van der Waals surface area (Å²) in [5, 5.41) is 24.8. The summed E-state index contributed by atoms with van der Waals surface area (Å²) < 4.78 is 0. The number of anilines is 3. The summed E-state index contributed by atoms with van der Waals surface area (Å²) in [7, 11) is 0. The molecule has 0 aromatic heterocycles. The number of fused-ring (bicyclic) bond motifs is 5. The molecule has 1 N–H and O–H groups in total. The standard InChI is InChI=1S/C27H19N5O7/c33-25(28-16-6-8-18(9-7-16)31(36)37)24-23-22(21-14-5-15-3-1-2-4-20(15)30(21)24)26(34)29(27(23)35)17-10-12-19(13-11-17)32(38)39/h1-14,21-24H,(H,28,33)/t21-,22+,23-,24+/m1/s1. The Morgan fingerprint density at radius 1 is 0.795 bits per heavy atom. The molecule has 12 heteroatoms. The first kappa shape index (κ1) is 24.0. The van der Waals surface area contributed by atoms with Crippen molar-refractivity contribution >= 4 is 52.2 Å². The van der Waals surface area contributed by atoms with Crippen molar-refractivity contribution in [2.45, 2.75) is 12.1 Å². The van der Waals surface area contributed by atoms with Gasteiger partial charge in [-0.2, -0.15) is 0 Å². The molecular weight excluding hydrogens is 506 g/mol. The zero-order chi connectivity index (χ0) is 27.4. The molecule has 0 bridgehead atoms. The fourth-order valence-corrected chi connectivity index (χ4v) is 5.67. The molecule has 0 radical (unpaired) electrons. The van der Waals surface area contributed by atoms with Crippen molar-refractivity contribution in [3.63, 3.8) is 0 Å². The summed E-state index contributed by atoms with van der Waals surface area (Å²) in [6.07, 6.45) is 3.67. The van der Waals surface area contributed by atoms with E-state index in [0.717, 1.165) is 10.5 Å². The number of amides is 3. The van der Waals surface area contributed by atoms with Gasteiger partial charge in [0.1, 0.15) is 6.04 Å². The van der Waals surface area contributed by atoms with E-state index in [9.17, 15) is 34.6 Å². The Balaban J connectivity index is 1.39. The molecule has 3 aliphatic heterocycles. The maximum atomic E-state index is 13.8. The number of carbonyl (C=O) groups excluding carboxylic acids is 3. The van der Waals surface area contributed by atoms with Crippen LogP contribution < -0.4 is 15.1 Å². The van der Waals surface area contributed by atoms with Crippen molar-refractivity contribution in [2.24, 2.45) is 11.8 Å². The summed E-state index contributed by atoms with van der Waals surface area (Å²) in [6.45, 7) is 0. The fraction of sp³-hybridized carbons (Fsp3) is 0.148. The van der Waals surface area contributed by atoms with Gasteiger partial charge in [0.25, 0.3) is 11.4 Å². The Morgan fingerprint density at radius 2 is 1.38 bits per heavy atom. The number of non-ortho nitro benzene ring substituents is 2. The van der Waals surface area contributed by atoms with Crippen molar-refractivity contribution in [1.29, 1.82) is 0 Å². The largest absolute Gasteiger partial charge is 0.351 e. The highest BCUT2D eigenvalue weighted by atomic mass is 16.6. The van der Waals surface area contributed by atoms with E-state index in [1.807, 2.05) is 30.4 Å². The number of hydrogen-bond donors (Lipinski definition) is 1. The van der Waals surface area contributed by atoms with E-state index >= 15 is 0 Å². The zero-order valence-corrected chi connectivity index (χ0v) is 20.0. The van der Waals surface area contributed by atoms with Gasteiger partial charge in [0.15, 0.2) is 0 Å². The Hall–Kier alpha value is -5.39. The van der Waals surface area contributed by atoms with Gasteiger partial charge in [-0.1, -0.05) is 30.4 Å². The molecule has 2 saturated heterocycles. The topological polar surface area (TPSA) is 156 Å². The van der Waals surface area contributed by atoms with E-state index in [-0.39, 0.29) is 17.1 Å². The summed E-state index contributed by atoms with van der Waals surface area (Å²) >= 11 is 0. The smallest absolute Gasteiger partial charge is 0.269 e. The van der Waals surface area contributed by atoms with Gasteiger partial charge in [0.2, 0.25) is 17.7 Å². The summed E-state index contributed by atoms with van der Waals surface area (Å²) in [6, 6.07) is 16.1. The molecular formula is C27H19N5O7. The average molecular weight is 525 g/mol. The highest BCUT2D eigenvalue weighted by molar-refractivity contribution is 6.25. The van der Waals surface area contributed by atoms with Crippen LogP contribution in [-0.2, 0) is 14.4 Å². The SMILES string of the molecule is O=C(Nc1ccc([N+](=O)[O-])cc1)[C@@H]1[C@@H]2C(=O)N(c3ccc([N+](=O)[O-])cc3)C(=O)[C@H]2[C@H]2C=Cc3ccccc3N21. The minimum Gasteiger partial charge on any atom is -0.351 e. The lowest BCUT2D eigenvalue weighted by molar-refractivity contribution is -0.385. The lowest BCUT2D eigenvalue weighted by Gasteiger charge is -2.36. The van der Waals surface area contributed by atoms with Gasteiger partial charge in [-0.15, -0.1) is 0 Å². The monoisotopic (exact) mass is 525 g/mol. The van der Waals surface area contributed by atoms with Crippen LogP contribution in [0.5, 0.6) is 0 Å². The number of imide groups is 1. The van der Waals surface area contributed by atoms with E-state index in [1.54, 1.807) is 11.0 Å². The molecule has 3 heterocycles. The maximum Gasteiger partial charge on any atom is 0.269 e. The van der Waals surface area contributed by atoms with Gasteiger partial charge in [0.05, 0.1) is 33.4 Å². The minimum atomic E-state index is -1.07. The first-order valence-corrected chi connectivity index (χ1v) is 12.0. The molecule has 3 aromatic rings. The number of nitro benzene ring substituents is 2. The van der Waals surface area contributed by atoms with Gasteiger partial charge in [-0.3, -0.25) is 34.6 Å². The van der Waals surface area contributed by atoms with Crippen LogP contribution in [0.25, 0.3) is 6.08 Å². The lowest BCUT2D eigenvalue weighted by Crippen LogP contribution is -2.50. The van der Waals surface area contributed by atoms with Crippen LogP contribution in [0.2, 0.25) is 0 Å². The van der Waals surface area contributed by atoms with Crippen molar-refractivity contribution in [3.05, 3.63) is 105 Å². The van der Waals surface area contributed by atoms with Gasteiger partial charge in [-0.05, 0) is 35.9 Å². The normalized spacial score (nSPS) is 22.8. The minimum absolute atomic E-state index is 0.139. The number of nitrogens with one attached hydrogen (secondary N) is 1. The number of carbonyl (C=O) groups is 3. The number of rotatable bonds is 5. The summed E-state index contributed by atoms with van der Waals surface area (Å²) in [5.74, 6) is -3.53. The lowest BCUT2D eigenvalue weighted by atomic mass is 9.88. The van der Waals surface area contributed by atoms with Gasteiger partial charge in [-0.25, -0.2) is 4.90 Å². The predicted molar refractivity (Wildman–Crippen MR) is 140 cm³/mol. The molecule has 194 valence electrons. The average Bonchev–Trinajstić information content (AvgIpc) is 3.41. The van der Waals surface area contributed by atoms with Gasteiger partial charge >= 0.3 is 0 Å². The first-order chi connectivity index (χ1) is 18.8. The predicted octanol–water partition coefficient (Wildman–Crippen LogP) is 3.53. The number of hydrogen-bond acceptors (Lipinski definition) is 8. The van der Waals surface area contributed by atoms with E-state index < -0.39 is 51.5 Å². The molecule has 0 saturated carbocycles. The number of para-hydroxylation sites is 1. The third kappa shape index (κ3) is 3.72. The van der Waals surface area contributed by atoms with Crippen LogP contribution in [0.4, 0.5) is 28.4 Å². The second-order valence-electron chi connectivity index (χ2n) is 9.39. The second-order valence-corrected chi connectivity index (χ2v) is 9.39. The molecule has 0 unspecified atom stereocenters. The summed E-state index contributed by atoms with van der Waals surface area (Å²) in [4.78, 5) is 65.1. The van der Waals surface area contributed by atoms with Crippen LogP contribution >= 0.6 is 0 Å². The van der Waals surface area contributed by atoms with E-state index in [2.05, 4.69) is 5.32 Å². The van der Waals surface area contributed by atoms with Crippen LogP contribution in [0, 0.1) is 32.1 Å². The molecule has 12 nitrogen and oxygen atoms in total. The quantitative estimate of drug-likeness (QED) is 0.301. The zero-order valence-electron chi connectivity index (χ0n) is 20.0. The molecule has 6 rings (SSSR count). The van der Waals surface area contributed by atoms with Crippen molar-refractivity contribution < 1.29 is 24.2 Å². The Labute approximate surface area is 220 Å². The van der Waals surface area contributed by atoms with Gasteiger partial charge in [0, 0.05) is 35.6 Å². The van der Waals surface area contributed by atoms with E-state index in [1.165, 1.54) is 48.5 Å². The molecule has 2 fully saturated rings. The number of nitro groups is 2. The molecule has 39 heavy (non-hydrogen) atoms. The number of nitrogens with zero attached hydrogens (tertiary/aromatic N) is 4. The van der Waals surface area contributed by atoms with Crippen LogP contribution in [0.3, 0.4) is 0 Å². The first-order valence-electron chi connectivity index (χ1n) is 12.0. The van der Waals surface area contributed by atoms with Crippen LogP contribution in [-0.4, -0.2) is 39.7 Å². The third-order valence-electron chi connectivity index (χ3n) is 7.35. The van der Waals surface area contributed by atoms with Crippen LogP contribution in [0.15, 0.2) is 78.9 Å².